The molecule has 0 bridgehead atoms. The fourth-order valence-corrected chi connectivity index (χ4v) is 1.77. The third kappa shape index (κ3) is 3.96. The van der Waals surface area contributed by atoms with E-state index in [1.54, 1.807) is 11.8 Å². The van der Waals surface area contributed by atoms with E-state index >= 15 is 0 Å². The summed E-state index contributed by atoms with van der Waals surface area (Å²) in [6, 6.07) is 0. The number of aliphatic hydroxyl groups is 1. The second-order valence-electron chi connectivity index (χ2n) is 2.98. The highest BCUT2D eigenvalue weighted by Crippen LogP contribution is 2.28. The van der Waals surface area contributed by atoms with Crippen molar-refractivity contribution in [1.82, 2.24) is 0 Å². The largest absolute Gasteiger partial charge is 0.395 e. The van der Waals surface area contributed by atoms with Crippen LogP contribution in [0.15, 0.2) is 12.7 Å². The van der Waals surface area contributed by atoms with E-state index in [9.17, 15) is 0 Å². The molecule has 0 amide bonds. The maximum Gasteiger partial charge on any atom is 0.0573 e. The second-order valence-corrected chi connectivity index (χ2v) is 5.06. The van der Waals surface area contributed by atoms with E-state index in [0.717, 1.165) is 0 Å². The molecule has 1 unspecified atom stereocenters. The van der Waals surface area contributed by atoms with Gasteiger partial charge in [0.2, 0.25) is 0 Å². The normalized spacial score (nSPS) is 14.8. The number of thioether (sulfide) groups is 1. The van der Waals surface area contributed by atoms with Crippen LogP contribution in [0.4, 0.5) is 0 Å². The van der Waals surface area contributed by atoms with Crippen molar-refractivity contribution >= 4 is 11.8 Å². The minimum absolute atomic E-state index is 0.0341. The molecule has 0 radical (unpaired) electrons. The Labute approximate surface area is 67.5 Å². The minimum Gasteiger partial charge on any atom is -0.395 e. The lowest BCUT2D eigenvalue weighted by atomic mass is 10.2. The van der Waals surface area contributed by atoms with Crippen molar-refractivity contribution in [3.8, 4) is 0 Å². The maximum atomic E-state index is 8.88. The highest BCUT2D eigenvalue weighted by Gasteiger charge is 2.18. The predicted molar refractivity (Wildman–Crippen MR) is 48.4 cm³/mol. The van der Waals surface area contributed by atoms with Crippen LogP contribution < -0.4 is 0 Å². The molecule has 0 fully saturated rings. The molecule has 60 valence electrons. The van der Waals surface area contributed by atoms with Crippen molar-refractivity contribution in [3.63, 3.8) is 0 Å². The van der Waals surface area contributed by atoms with Gasteiger partial charge in [0.25, 0.3) is 0 Å². The monoisotopic (exact) mass is 160 g/mol. The van der Waals surface area contributed by atoms with Crippen molar-refractivity contribution in [2.75, 3.05) is 6.61 Å². The quantitative estimate of drug-likeness (QED) is 0.635. The van der Waals surface area contributed by atoms with Crippen LogP contribution in [0.3, 0.4) is 0 Å². The Bertz CT molecular complexity index is 110. The molecule has 2 heteroatoms. The van der Waals surface area contributed by atoms with E-state index in [2.05, 4.69) is 13.5 Å². The van der Waals surface area contributed by atoms with Crippen molar-refractivity contribution in [2.45, 2.75) is 30.8 Å². The van der Waals surface area contributed by atoms with Crippen molar-refractivity contribution in [2.24, 2.45) is 0 Å². The summed E-state index contributed by atoms with van der Waals surface area (Å²) < 4.78 is -0.0341. The Kier molecular flexibility index (Phi) is 4.06. The van der Waals surface area contributed by atoms with Gasteiger partial charge in [0.1, 0.15) is 0 Å². The molecule has 1 atom stereocenters. The molecule has 0 spiro atoms. The summed E-state index contributed by atoms with van der Waals surface area (Å²) in [5.41, 5.74) is 0. The fraction of sp³-hybridized carbons (Fsp3) is 0.750. The Morgan fingerprint density at radius 2 is 2.20 bits per heavy atom. The molecule has 0 heterocycles. The number of hydrogen-bond acceptors (Lipinski definition) is 2. The molecule has 0 aliphatic heterocycles. The van der Waals surface area contributed by atoms with E-state index in [4.69, 9.17) is 5.11 Å². The summed E-state index contributed by atoms with van der Waals surface area (Å²) in [7, 11) is 0. The Hall–Kier alpha value is 0.0500. The Morgan fingerprint density at radius 3 is 2.50 bits per heavy atom. The first kappa shape index (κ1) is 10.0. The summed E-state index contributed by atoms with van der Waals surface area (Å²) in [6.45, 7) is 10.0. The average molecular weight is 160 g/mol. The molecule has 10 heavy (non-hydrogen) atoms. The van der Waals surface area contributed by atoms with Gasteiger partial charge in [0, 0.05) is 10.00 Å². The van der Waals surface area contributed by atoms with Gasteiger partial charge < -0.3 is 5.11 Å². The molecule has 0 saturated carbocycles. The van der Waals surface area contributed by atoms with Gasteiger partial charge in [0.05, 0.1) is 6.61 Å². The summed E-state index contributed by atoms with van der Waals surface area (Å²) in [5, 5.41) is 9.30. The Balaban J connectivity index is 3.75. The van der Waals surface area contributed by atoms with Crippen LogP contribution >= 0.6 is 11.8 Å². The van der Waals surface area contributed by atoms with Gasteiger partial charge in [-0.3, -0.25) is 0 Å². The van der Waals surface area contributed by atoms with Gasteiger partial charge in [0.15, 0.2) is 0 Å². The van der Waals surface area contributed by atoms with Crippen molar-refractivity contribution < 1.29 is 5.11 Å². The van der Waals surface area contributed by atoms with Crippen LogP contribution in [0.1, 0.15) is 20.8 Å². The first-order chi connectivity index (χ1) is 4.52. The Morgan fingerprint density at radius 1 is 1.70 bits per heavy atom. The third-order valence-electron chi connectivity index (χ3n) is 1.22. The molecule has 0 aromatic carbocycles. The van der Waals surface area contributed by atoms with Gasteiger partial charge in [-0.05, 0) is 20.8 Å². The average Bonchev–Trinajstić information content (AvgIpc) is 1.87. The van der Waals surface area contributed by atoms with Gasteiger partial charge >= 0.3 is 0 Å². The summed E-state index contributed by atoms with van der Waals surface area (Å²) in [5.74, 6) is 0. The number of aliphatic hydroxyl groups excluding tert-OH is 1. The van der Waals surface area contributed by atoms with Crippen LogP contribution in [0.2, 0.25) is 0 Å². The SMILES string of the molecule is C=CC(C)SC(C)(C)CO. The lowest BCUT2D eigenvalue weighted by Crippen LogP contribution is -2.22. The zero-order valence-corrected chi connectivity index (χ0v) is 7.74. The minimum atomic E-state index is -0.0341. The summed E-state index contributed by atoms with van der Waals surface area (Å²) >= 11 is 1.73. The van der Waals surface area contributed by atoms with Gasteiger partial charge in [-0.1, -0.05) is 6.08 Å². The predicted octanol–water partition coefficient (Wildman–Crippen LogP) is 2.06. The molecular formula is C8H16OS. The van der Waals surface area contributed by atoms with Crippen LogP contribution in [0.5, 0.6) is 0 Å². The smallest absolute Gasteiger partial charge is 0.0573 e. The second kappa shape index (κ2) is 4.04. The standard InChI is InChI=1S/C8H16OS/c1-5-7(2)10-8(3,4)6-9/h5,7,9H,1,6H2,2-4H3. The van der Waals surface area contributed by atoms with E-state index in [1.807, 2.05) is 19.9 Å². The molecule has 0 aliphatic rings. The molecule has 0 aromatic heterocycles. The third-order valence-corrected chi connectivity index (χ3v) is 2.55. The molecule has 1 N–H and O–H groups in total. The molecule has 0 rings (SSSR count). The zero-order chi connectivity index (χ0) is 8.20. The lowest BCUT2D eigenvalue weighted by molar-refractivity contribution is 0.265. The molecular weight excluding hydrogens is 144 g/mol. The van der Waals surface area contributed by atoms with Gasteiger partial charge in [-0.15, -0.1) is 18.3 Å². The van der Waals surface area contributed by atoms with Crippen LogP contribution in [-0.4, -0.2) is 21.7 Å². The maximum absolute atomic E-state index is 8.88. The number of rotatable bonds is 4. The van der Waals surface area contributed by atoms with E-state index < -0.39 is 0 Å². The highest BCUT2D eigenvalue weighted by atomic mass is 32.2. The van der Waals surface area contributed by atoms with Gasteiger partial charge in [-0.25, -0.2) is 0 Å². The summed E-state index contributed by atoms with van der Waals surface area (Å²) in [4.78, 5) is 0. The number of hydrogen-bond donors (Lipinski definition) is 1. The first-order valence-electron chi connectivity index (χ1n) is 3.43. The first-order valence-corrected chi connectivity index (χ1v) is 4.31. The molecule has 0 saturated heterocycles. The van der Waals surface area contributed by atoms with Gasteiger partial charge in [-0.2, -0.15) is 0 Å². The van der Waals surface area contributed by atoms with E-state index in [0.29, 0.717) is 5.25 Å². The van der Waals surface area contributed by atoms with E-state index in [-0.39, 0.29) is 11.4 Å². The highest BCUT2D eigenvalue weighted by molar-refractivity contribution is 8.01. The molecule has 0 aliphatic carbocycles. The van der Waals surface area contributed by atoms with Crippen LogP contribution in [-0.2, 0) is 0 Å². The summed E-state index contributed by atoms with van der Waals surface area (Å²) in [6.07, 6.45) is 1.89. The topological polar surface area (TPSA) is 20.2 Å². The molecule has 1 nitrogen and oxygen atoms in total. The fourth-order valence-electron chi connectivity index (χ4n) is 0.589. The lowest BCUT2D eigenvalue weighted by Gasteiger charge is -2.23. The van der Waals surface area contributed by atoms with Crippen molar-refractivity contribution in [3.05, 3.63) is 12.7 Å². The zero-order valence-electron chi connectivity index (χ0n) is 6.92. The van der Waals surface area contributed by atoms with E-state index in [1.165, 1.54) is 0 Å². The molecule has 0 aromatic rings. The van der Waals surface area contributed by atoms with Crippen molar-refractivity contribution in [1.29, 1.82) is 0 Å². The van der Waals surface area contributed by atoms with Crippen LogP contribution in [0.25, 0.3) is 0 Å². The van der Waals surface area contributed by atoms with Crippen LogP contribution in [0, 0.1) is 0 Å².